The van der Waals surface area contributed by atoms with Crippen molar-refractivity contribution in [2.45, 2.75) is 36.5 Å². The van der Waals surface area contributed by atoms with Crippen LogP contribution in [0.5, 0.6) is 11.5 Å². The number of aliphatic hydroxyl groups is 1. The predicted octanol–water partition coefficient (Wildman–Crippen LogP) is 1.03. The molecule has 2 aliphatic heterocycles. The molecule has 0 amide bonds. The summed E-state index contributed by atoms with van der Waals surface area (Å²) < 4.78 is 11.3. The minimum atomic E-state index is -0.627. The summed E-state index contributed by atoms with van der Waals surface area (Å²) in [5.41, 5.74) is 2.23. The lowest BCUT2D eigenvalue weighted by Gasteiger charge is -2.56. The molecule has 23 heavy (non-hydrogen) atoms. The van der Waals surface area contributed by atoms with Gasteiger partial charge in [0, 0.05) is 22.9 Å². The Morgan fingerprint density at radius 3 is 3.13 bits per heavy atom. The number of likely N-dealkylation sites (tertiary alicyclic amines) is 1. The van der Waals surface area contributed by atoms with Gasteiger partial charge < -0.3 is 19.5 Å². The molecular weight excluding hydrogens is 294 g/mol. The first-order valence-electron chi connectivity index (χ1n) is 8.17. The summed E-state index contributed by atoms with van der Waals surface area (Å²) in [5.74, 6) is 1.45. The van der Waals surface area contributed by atoms with Gasteiger partial charge >= 0.3 is 0 Å². The van der Waals surface area contributed by atoms with E-state index in [9.17, 15) is 9.90 Å². The summed E-state index contributed by atoms with van der Waals surface area (Å²) in [4.78, 5) is 13.2. The Hall–Kier alpha value is -1.85. The third-order valence-electron chi connectivity index (χ3n) is 6.31. The molecular formula is C18H19NO4. The maximum Gasteiger partial charge on any atom is 0.298 e. The highest BCUT2D eigenvalue weighted by molar-refractivity contribution is 5.64. The van der Waals surface area contributed by atoms with Crippen molar-refractivity contribution in [1.29, 1.82) is 0 Å². The van der Waals surface area contributed by atoms with Crippen LogP contribution in [0.1, 0.15) is 17.5 Å². The first-order valence-corrected chi connectivity index (χ1v) is 8.17. The standard InChI is InChI=1S/C18H19NO4/c1-19-7-6-18-11-3-4-13(21)17(18)23-16-14(22-9-20)5-2-10(15(16)18)8-12(11)19/h2-5,9,11-13,17,21H,6-8H2,1H3. The Morgan fingerprint density at radius 2 is 2.30 bits per heavy atom. The molecule has 5 nitrogen and oxygen atoms in total. The number of hydrogen-bond acceptors (Lipinski definition) is 5. The zero-order valence-corrected chi connectivity index (χ0v) is 12.9. The van der Waals surface area contributed by atoms with Gasteiger partial charge in [-0.25, -0.2) is 0 Å². The van der Waals surface area contributed by atoms with Gasteiger partial charge in [0.15, 0.2) is 11.5 Å². The number of carbonyl (C=O) groups is 1. The molecule has 0 radical (unpaired) electrons. The highest BCUT2D eigenvalue weighted by Gasteiger charge is 2.64. The van der Waals surface area contributed by atoms with Gasteiger partial charge in [0.05, 0.1) is 0 Å². The van der Waals surface area contributed by atoms with Gasteiger partial charge in [-0.2, -0.15) is 0 Å². The number of ether oxygens (including phenoxy) is 2. The van der Waals surface area contributed by atoms with E-state index in [1.807, 2.05) is 12.1 Å². The van der Waals surface area contributed by atoms with Crippen molar-refractivity contribution in [3.05, 3.63) is 35.4 Å². The number of hydrogen-bond donors (Lipinski definition) is 1. The van der Waals surface area contributed by atoms with E-state index in [1.54, 1.807) is 0 Å². The van der Waals surface area contributed by atoms with Crippen molar-refractivity contribution in [3.63, 3.8) is 0 Å². The zero-order valence-electron chi connectivity index (χ0n) is 12.9. The highest BCUT2D eigenvalue weighted by Crippen LogP contribution is 2.62. The fourth-order valence-corrected chi connectivity index (χ4v) is 5.37. The van der Waals surface area contributed by atoms with Gasteiger partial charge in [-0.1, -0.05) is 18.2 Å². The average Bonchev–Trinajstić information content (AvgIpc) is 2.90. The van der Waals surface area contributed by atoms with Crippen molar-refractivity contribution >= 4 is 6.47 Å². The van der Waals surface area contributed by atoms with Gasteiger partial charge in [0.2, 0.25) is 0 Å². The number of benzene rings is 1. The Labute approximate surface area is 134 Å². The molecule has 4 aliphatic rings. The summed E-state index contributed by atoms with van der Waals surface area (Å²) in [6.07, 6.45) is 5.04. The predicted molar refractivity (Wildman–Crippen MR) is 82.6 cm³/mol. The van der Waals surface area contributed by atoms with Crippen molar-refractivity contribution in [1.82, 2.24) is 4.90 Å². The molecule has 1 saturated heterocycles. The molecule has 5 heteroatoms. The second kappa shape index (κ2) is 4.36. The van der Waals surface area contributed by atoms with Crippen molar-refractivity contribution in [2.24, 2.45) is 5.92 Å². The van der Waals surface area contributed by atoms with Crippen LogP contribution in [0, 0.1) is 5.92 Å². The van der Waals surface area contributed by atoms with Crippen LogP contribution in [0.3, 0.4) is 0 Å². The monoisotopic (exact) mass is 313 g/mol. The molecule has 2 heterocycles. The van der Waals surface area contributed by atoms with Gasteiger partial charge in [-0.15, -0.1) is 0 Å². The van der Waals surface area contributed by atoms with Gasteiger partial charge in [-0.3, -0.25) is 4.79 Å². The zero-order chi connectivity index (χ0) is 15.8. The molecule has 5 unspecified atom stereocenters. The van der Waals surface area contributed by atoms with Crippen LogP contribution in [0.4, 0.5) is 0 Å². The third kappa shape index (κ3) is 1.47. The number of nitrogens with zero attached hydrogens (tertiary/aromatic N) is 1. The maximum absolute atomic E-state index is 10.8. The molecule has 1 fully saturated rings. The summed E-state index contributed by atoms with van der Waals surface area (Å²) in [6.45, 7) is 1.42. The summed E-state index contributed by atoms with van der Waals surface area (Å²) in [7, 11) is 2.18. The Kier molecular flexibility index (Phi) is 2.58. The summed E-state index contributed by atoms with van der Waals surface area (Å²) >= 11 is 0. The first kappa shape index (κ1) is 13.6. The topological polar surface area (TPSA) is 59.0 Å². The van der Waals surface area contributed by atoms with E-state index >= 15 is 0 Å². The lowest BCUT2D eigenvalue weighted by Crippen LogP contribution is -2.64. The van der Waals surface area contributed by atoms with E-state index in [1.165, 1.54) is 11.1 Å². The molecule has 2 aliphatic carbocycles. The van der Waals surface area contributed by atoms with Crippen LogP contribution in [-0.2, 0) is 16.6 Å². The van der Waals surface area contributed by atoms with Crippen molar-refractivity contribution in [3.8, 4) is 11.5 Å². The average molecular weight is 313 g/mol. The van der Waals surface area contributed by atoms with Crippen LogP contribution in [0.2, 0.25) is 0 Å². The number of piperidine rings is 1. The normalized spacial score (nSPS) is 39.6. The quantitative estimate of drug-likeness (QED) is 0.653. The molecule has 2 bridgehead atoms. The van der Waals surface area contributed by atoms with E-state index in [0.717, 1.165) is 19.4 Å². The second-order valence-corrected chi connectivity index (χ2v) is 7.12. The molecule has 1 aromatic rings. The number of rotatable bonds is 2. The molecule has 0 saturated carbocycles. The highest BCUT2D eigenvalue weighted by atomic mass is 16.6. The Morgan fingerprint density at radius 1 is 1.43 bits per heavy atom. The molecule has 5 atom stereocenters. The number of carbonyl (C=O) groups excluding carboxylic acids is 1. The Bertz CT molecular complexity index is 730. The van der Waals surface area contributed by atoms with Crippen molar-refractivity contribution in [2.75, 3.05) is 13.6 Å². The molecule has 1 N–H and O–H groups in total. The van der Waals surface area contributed by atoms with E-state index in [0.29, 0.717) is 29.9 Å². The maximum atomic E-state index is 10.8. The largest absolute Gasteiger partial charge is 0.482 e. The van der Waals surface area contributed by atoms with E-state index in [4.69, 9.17) is 9.47 Å². The van der Waals surface area contributed by atoms with Crippen LogP contribution < -0.4 is 9.47 Å². The minimum Gasteiger partial charge on any atom is -0.482 e. The first-order chi connectivity index (χ1) is 11.2. The van der Waals surface area contributed by atoms with E-state index in [2.05, 4.69) is 24.1 Å². The van der Waals surface area contributed by atoms with Gasteiger partial charge in [-0.05, 0) is 38.1 Å². The summed E-state index contributed by atoms with van der Waals surface area (Å²) in [6, 6.07) is 4.29. The lowest BCUT2D eigenvalue weighted by molar-refractivity contribution is -0.120. The number of likely N-dealkylation sites (N-methyl/N-ethyl adjacent to an activating group) is 1. The molecule has 5 rings (SSSR count). The van der Waals surface area contributed by atoms with Gasteiger partial charge in [0.1, 0.15) is 12.2 Å². The minimum absolute atomic E-state index is 0.198. The smallest absolute Gasteiger partial charge is 0.298 e. The van der Waals surface area contributed by atoms with Crippen LogP contribution in [0.25, 0.3) is 0 Å². The SMILES string of the molecule is CN1CCC23c4c5ccc(OC=O)c4OC2C(O)C=CC3C1C5. The van der Waals surface area contributed by atoms with Crippen LogP contribution >= 0.6 is 0 Å². The fourth-order valence-electron chi connectivity index (χ4n) is 5.37. The third-order valence-corrected chi connectivity index (χ3v) is 6.31. The van der Waals surface area contributed by atoms with Gasteiger partial charge in [0.25, 0.3) is 6.47 Å². The van der Waals surface area contributed by atoms with Crippen molar-refractivity contribution < 1.29 is 19.4 Å². The molecule has 0 aromatic heterocycles. The summed E-state index contributed by atoms with van der Waals surface area (Å²) in [5, 5.41) is 10.5. The van der Waals surface area contributed by atoms with E-state index < -0.39 is 6.10 Å². The van der Waals surface area contributed by atoms with E-state index in [-0.39, 0.29) is 11.5 Å². The molecule has 1 aromatic carbocycles. The second-order valence-electron chi connectivity index (χ2n) is 7.12. The lowest BCUT2D eigenvalue weighted by atomic mass is 9.53. The fraction of sp³-hybridized carbons (Fsp3) is 0.500. The Balaban J connectivity index is 1.79. The molecule has 1 spiro atoms. The van der Waals surface area contributed by atoms with Crippen LogP contribution in [-0.4, -0.2) is 48.3 Å². The van der Waals surface area contributed by atoms with Crippen LogP contribution in [0.15, 0.2) is 24.3 Å². The number of aliphatic hydroxyl groups excluding tert-OH is 1. The molecule has 120 valence electrons.